The van der Waals surface area contributed by atoms with Crippen LogP contribution in [0.15, 0.2) is 17.2 Å². The molecule has 0 unspecified atom stereocenters. The second-order valence-electron chi connectivity index (χ2n) is 5.07. The minimum absolute atomic E-state index is 0.291. The normalized spacial score (nSPS) is 10.8. The van der Waals surface area contributed by atoms with Gasteiger partial charge in [-0.25, -0.2) is 4.79 Å². The molecule has 102 valence electrons. The molecule has 0 atom stereocenters. The van der Waals surface area contributed by atoms with E-state index in [0.29, 0.717) is 16.6 Å². The van der Waals surface area contributed by atoms with Gasteiger partial charge in [0.25, 0.3) is 0 Å². The van der Waals surface area contributed by atoms with Crippen molar-refractivity contribution in [3.8, 4) is 0 Å². The van der Waals surface area contributed by atoms with Crippen LogP contribution in [0.1, 0.15) is 42.3 Å². The van der Waals surface area contributed by atoms with Crippen LogP contribution in [0.3, 0.4) is 0 Å². The van der Waals surface area contributed by atoms with E-state index in [-0.39, 0.29) is 0 Å². The fourth-order valence-corrected chi connectivity index (χ4v) is 2.21. The van der Waals surface area contributed by atoms with Crippen molar-refractivity contribution >= 4 is 27.6 Å². The summed E-state index contributed by atoms with van der Waals surface area (Å²) in [6, 6.07) is 3.45. The highest BCUT2D eigenvalue weighted by Crippen LogP contribution is 2.29. The molecule has 0 radical (unpaired) electrons. The summed E-state index contributed by atoms with van der Waals surface area (Å²) < 4.78 is 5.35. The van der Waals surface area contributed by atoms with E-state index in [1.54, 1.807) is 26.8 Å². The topological polar surface area (TPSA) is 75.1 Å². The molecule has 0 saturated heterocycles. The van der Waals surface area contributed by atoms with E-state index in [1.165, 1.54) is 0 Å². The van der Waals surface area contributed by atoms with Crippen molar-refractivity contribution in [2.75, 3.05) is 0 Å². The third-order valence-corrected chi connectivity index (χ3v) is 3.06. The standard InChI is InChI=1S/C13H16BrN3O2/c1-8-9(7-14)5-6-10(16-17-15)11(8)12(18)19-13(2,3)4/h5-6H,7H2,1-4H3. The van der Waals surface area contributed by atoms with Crippen LogP contribution >= 0.6 is 15.9 Å². The zero-order valence-corrected chi connectivity index (χ0v) is 13.0. The van der Waals surface area contributed by atoms with Crippen molar-refractivity contribution in [3.05, 3.63) is 39.3 Å². The Balaban J connectivity index is 3.37. The van der Waals surface area contributed by atoms with E-state index in [1.807, 2.05) is 13.0 Å². The number of carbonyl (C=O) groups is 1. The molecule has 0 aromatic heterocycles. The number of rotatable bonds is 3. The Hall–Kier alpha value is -1.52. The largest absolute Gasteiger partial charge is 0.456 e. The van der Waals surface area contributed by atoms with E-state index in [2.05, 4.69) is 26.0 Å². The van der Waals surface area contributed by atoms with Gasteiger partial charge in [-0.2, -0.15) is 0 Å². The molecule has 1 aromatic carbocycles. The van der Waals surface area contributed by atoms with Gasteiger partial charge in [0.1, 0.15) is 5.60 Å². The number of benzene rings is 1. The molecule has 0 fully saturated rings. The predicted molar refractivity (Wildman–Crippen MR) is 77.8 cm³/mol. The SMILES string of the molecule is Cc1c(CBr)ccc(N=[N+]=[N-])c1C(=O)OC(C)(C)C. The fourth-order valence-electron chi connectivity index (χ4n) is 1.60. The monoisotopic (exact) mass is 325 g/mol. The first-order valence-corrected chi connectivity index (χ1v) is 6.89. The molecular formula is C13H16BrN3O2. The molecule has 0 N–H and O–H groups in total. The molecule has 0 saturated carbocycles. The van der Waals surface area contributed by atoms with Gasteiger partial charge in [0, 0.05) is 10.2 Å². The first-order chi connectivity index (χ1) is 8.80. The first kappa shape index (κ1) is 15.5. The maximum absolute atomic E-state index is 12.2. The van der Waals surface area contributed by atoms with Crippen LogP contribution in [0.4, 0.5) is 5.69 Å². The Labute approximate surface area is 120 Å². The van der Waals surface area contributed by atoms with Crippen molar-refractivity contribution < 1.29 is 9.53 Å². The Morgan fingerprint density at radius 1 is 1.47 bits per heavy atom. The maximum atomic E-state index is 12.2. The number of halogens is 1. The van der Waals surface area contributed by atoms with Crippen LogP contribution in [0.5, 0.6) is 0 Å². The number of alkyl halides is 1. The Morgan fingerprint density at radius 2 is 2.11 bits per heavy atom. The lowest BCUT2D eigenvalue weighted by molar-refractivity contribution is 0.00697. The van der Waals surface area contributed by atoms with Gasteiger partial charge >= 0.3 is 5.97 Å². The quantitative estimate of drug-likeness (QED) is 0.263. The molecule has 0 amide bonds. The second-order valence-corrected chi connectivity index (χ2v) is 5.63. The van der Waals surface area contributed by atoms with Crippen LogP contribution in [0.25, 0.3) is 10.4 Å². The molecule has 0 heterocycles. The highest BCUT2D eigenvalue weighted by atomic mass is 79.9. The average molecular weight is 326 g/mol. The number of esters is 1. The van der Waals surface area contributed by atoms with Crippen LogP contribution in [0.2, 0.25) is 0 Å². The van der Waals surface area contributed by atoms with Gasteiger partial charge in [0.15, 0.2) is 0 Å². The number of azide groups is 1. The Kier molecular flexibility index (Phi) is 4.97. The molecular weight excluding hydrogens is 310 g/mol. The van der Waals surface area contributed by atoms with Crippen LogP contribution in [-0.4, -0.2) is 11.6 Å². The molecule has 0 aliphatic rings. The van der Waals surface area contributed by atoms with E-state index in [4.69, 9.17) is 10.3 Å². The highest BCUT2D eigenvalue weighted by molar-refractivity contribution is 9.08. The third-order valence-electron chi connectivity index (χ3n) is 2.45. The van der Waals surface area contributed by atoms with Gasteiger partial charge in [-0.05, 0) is 44.4 Å². The summed E-state index contributed by atoms with van der Waals surface area (Å²) >= 11 is 3.36. The smallest absolute Gasteiger partial charge is 0.339 e. The number of nitrogens with zero attached hydrogens (tertiary/aromatic N) is 3. The third kappa shape index (κ3) is 3.98. The summed E-state index contributed by atoms with van der Waals surface area (Å²) in [7, 11) is 0. The second kappa shape index (κ2) is 6.08. The van der Waals surface area contributed by atoms with Crippen molar-refractivity contribution in [1.29, 1.82) is 0 Å². The zero-order valence-electron chi connectivity index (χ0n) is 11.4. The summed E-state index contributed by atoms with van der Waals surface area (Å²) in [5.74, 6) is -0.477. The fraction of sp³-hybridized carbons (Fsp3) is 0.462. The molecule has 5 nitrogen and oxygen atoms in total. The van der Waals surface area contributed by atoms with Crippen LogP contribution < -0.4 is 0 Å². The van der Waals surface area contributed by atoms with Crippen LogP contribution in [0, 0.1) is 6.92 Å². The van der Waals surface area contributed by atoms with Gasteiger partial charge < -0.3 is 4.74 Å². The number of carbonyl (C=O) groups excluding carboxylic acids is 1. The molecule has 0 spiro atoms. The summed E-state index contributed by atoms with van der Waals surface area (Å²) in [6.07, 6.45) is 0. The van der Waals surface area contributed by atoms with E-state index < -0.39 is 11.6 Å². The molecule has 0 bridgehead atoms. The Bertz CT molecular complexity index is 544. The molecule has 1 rings (SSSR count). The zero-order chi connectivity index (χ0) is 14.6. The number of hydrogen-bond acceptors (Lipinski definition) is 3. The summed E-state index contributed by atoms with van der Waals surface area (Å²) in [5, 5.41) is 4.17. The number of hydrogen-bond donors (Lipinski definition) is 0. The van der Waals surface area contributed by atoms with Crippen LogP contribution in [-0.2, 0) is 10.1 Å². The van der Waals surface area contributed by atoms with Gasteiger partial charge in [0.05, 0.1) is 11.3 Å². The van der Waals surface area contributed by atoms with Gasteiger partial charge in [-0.15, -0.1) is 0 Å². The number of ether oxygens (including phenoxy) is 1. The molecule has 0 aliphatic carbocycles. The predicted octanol–water partition coefficient (Wildman–Crippen LogP) is 4.79. The minimum atomic E-state index is -0.596. The van der Waals surface area contributed by atoms with Crippen molar-refractivity contribution in [3.63, 3.8) is 0 Å². The van der Waals surface area contributed by atoms with Gasteiger partial charge in [-0.1, -0.05) is 33.2 Å². The van der Waals surface area contributed by atoms with Crippen molar-refractivity contribution in [1.82, 2.24) is 0 Å². The summed E-state index contributed by atoms with van der Waals surface area (Å²) in [4.78, 5) is 15.0. The van der Waals surface area contributed by atoms with E-state index in [0.717, 1.165) is 11.1 Å². The average Bonchev–Trinajstić information content (AvgIpc) is 2.27. The lowest BCUT2D eigenvalue weighted by Crippen LogP contribution is -2.24. The van der Waals surface area contributed by atoms with E-state index in [9.17, 15) is 4.79 Å². The summed E-state index contributed by atoms with van der Waals surface area (Å²) in [5.41, 5.74) is 10.3. The lowest BCUT2D eigenvalue weighted by atomic mass is 10.0. The first-order valence-electron chi connectivity index (χ1n) is 5.77. The molecule has 6 heteroatoms. The summed E-state index contributed by atoms with van der Waals surface area (Å²) in [6.45, 7) is 7.19. The van der Waals surface area contributed by atoms with E-state index >= 15 is 0 Å². The Morgan fingerprint density at radius 3 is 2.58 bits per heavy atom. The highest BCUT2D eigenvalue weighted by Gasteiger charge is 2.22. The van der Waals surface area contributed by atoms with Crippen molar-refractivity contribution in [2.45, 2.75) is 38.6 Å². The lowest BCUT2D eigenvalue weighted by Gasteiger charge is -2.21. The van der Waals surface area contributed by atoms with Gasteiger partial charge in [0.2, 0.25) is 0 Å². The maximum Gasteiger partial charge on any atom is 0.339 e. The minimum Gasteiger partial charge on any atom is -0.456 e. The van der Waals surface area contributed by atoms with Gasteiger partial charge in [-0.3, -0.25) is 0 Å². The molecule has 19 heavy (non-hydrogen) atoms. The molecule has 0 aliphatic heterocycles. The molecule has 1 aromatic rings. The van der Waals surface area contributed by atoms with Crippen molar-refractivity contribution in [2.24, 2.45) is 5.11 Å².